The lowest BCUT2D eigenvalue weighted by molar-refractivity contribution is 0.0697. The van der Waals surface area contributed by atoms with Gasteiger partial charge in [-0.05, 0) is 88.6 Å². The number of hydrogen-bond acceptors (Lipinski definition) is 4. The number of likely N-dealkylation sites (N-methyl/N-ethyl adjacent to an activating group) is 1. The fourth-order valence-electron chi connectivity index (χ4n) is 6.24. The first-order valence-corrected chi connectivity index (χ1v) is 13.5. The molecule has 1 saturated carbocycles. The Morgan fingerprint density at radius 2 is 2.00 bits per heavy atom. The first-order chi connectivity index (χ1) is 17.5. The van der Waals surface area contributed by atoms with Crippen molar-refractivity contribution in [1.29, 1.82) is 0 Å². The third kappa shape index (κ3) is 4.64. The van der Waals surface area contributed by atoms with Gasteiger partial charge in [-0.2, -0.15) is 0 Å². The zero-order valence-corrected chi connectivity index (χ0v) is 21.8. The number of fused-ring (bicyclic) bond motifs is 5. The lowest BCUT2D eigenvalue weighted by Gasteiger charge is -2.33. The number of hydrogen-bond donors (Lipinski definition) is 2. The third-order valence-corrected chi connectivity index (χ3v) is 8.22. The molecule has 2 N–H and O–H groups in total. The largest absolute Gasteiger partial charge is 0.491 e. The molecule has 5 rings (SSSR count). The van der Waals surface area contributed by atoms with Crippen molar-refractivity contribution in [3.8, 4) is 17.0 Å². The first kappa shape index (κ1) is 24.8. The summed E-state index contributed by atoms with van der Waals surface area (Å²) in [6.07, 6.45) is 7.22. The van der Waals surface area contributed by atoms with Crippen LogP contribution in [0, 0.1) is 6.92 Å². The molecule has 0 bridgehead atoms. The number of carboxylic acid groups (broad SMARTS) is 1. The third-order valence-electron chi connectivity index (χ3n) is 8.22. The first-order valence-electron chi connectivity index (χ1n) is 13.5. The fraction of sp³-hybridized carbons (Fsp3) is 0.500. The molecule has 1 atom stereocenters. The molecule has 0 unspecified atom stereocenters. The van der Waals surface area contributed by atoms with Crippen LogP contribution in [0.5, 0.6) is 5.75 Å². The predicted octanol–water partition coefficient (Wildman–Crippen LogP) is 5.66. The summed E-state index contributed by atoms with van der Waals surface area (Å²) >= 11 is 0. The Morgan fingerprint density at radius 3 is 2.75 bits per heavy atom. The van der Waals surface area contributed by atoms with Gasteiger partial charge in [-0.3, -0.25) is 4.90 Å². The summed E-state index contributed by atoms with van der Waals surface area (Å²) in [5.41, 5.74) is 6.38. The summed E-state index contributed by atoms with van der Waals surface area (Å²) in [6, 6.07) is 12.3. The van der Waals surface area contributed by atoms with Crippen LogP contribution in [0.3, 0.4) is 0 Å². The minimum absolute atomic E-state index is 0.178. The van der Waals surface area contributed by atoms with Gasteiger partial charge >= 0.3 is 5.97 Å². The summed E-state index contributed by atoms with van der Waals surface area (Å²) in [5.74, 6) is 0.535. The van der Waals surface area contributed by atoms with Crippen LogP contribution in [0.15, 0.2) is 36.4 Å². The van der Waals surface area contributed by atoms with E-state index in [0.29, 0.717) is 18.1 Å². The molecule has 2 aromatic carbocycles. The molecule has 1 aromatic heterocycles. The zero-order valence-electron chi connectivity index (χ0n) is 21.8. The van der Waals surface area contributed by atoms with Crippen LogP contribution in [-0.4, -0.2) is 60.4 Å². The maximum atomic E-state index is 12.0. The molecule has 2 heterocycles. The molecule has 2 aliphatic rings. The Labute approximate surface area is 214 Å². The van der Waals surface area contributed by atoms with Crippen molar-refractivity contribution in [2.24, 2.45) is 0 Å². The van der Waals surface area contributed by atoms with Crippen molar-refractivity contribution >= 4 is 16.9 Å². The normalized spacial score (nSPS) is 18.4. The molecule has 6 heteroatoms. The molecular formula is C30H39N3O3. The van der Waals surface area contributed by atoms with E-state index in [0.717, 1.165) is 37.3 Å². The maximum Gasteiger partial charge on any atom is 0.335 e. The molecule has 1 aliphatic carbocycles. The van der Waals surface area contributed by atoms with Crippen molar-refractivity contribution in [2.75, 3.05) is 33.8 Å². The summed E-state index contributed by atoms with van der Waals surface area (Å²) in [5, 5.41) is 14.3. The van der Waals surface area contributed by atoms with E-state index in [1.165, 1.54) is 59.9 Å². The molecule has 1 fully saturated rings. The molecule has 192 valence electrons. The van der Waals surface area contributed by atoms with Gasteiger partial charge in [0.1, 0.15) is 12.4 Å². The van der Waals surface area contributed by atoms with Crippen LogP contribution in [0.4, 0.5) is 0 Å². The van der Waals surface area contributed by atoms with Crippen molar-refractivity contribution in [3.63, 3.8) is 0 Å². The van der Waals surface area contributed by atoms with Crippen molar-refractivity contribution < 1.29 is 14.6 Å². The van der Waals surface area contributed by atoms with Crippen LogP contribution in [0.25, 0.3) is 22.2 Å². The van der Waals surface area contributed by atoms with E-state index in [-0.39, 0.29) is 6.04 Å². The lowest BCUT2D eigenvalue weighted by atomic mass is 9.81. The van der Waals surface area contributed by atoms with Crippen LogP contribution in [-0.2, 0) is 6.54 Å². The van der Waals surface area contributed by atoms with Gasteiger partial charge in [0, 0.05) is 23.0 Å². The Kier molecular flexibility index (Phi) is 7.35. The number of aromatic carboxylic acids is 1. The minimum Gasteiger partial charge on any atom is -0.491 e. The number of rotatable bonds is 7. The van der Waals surface area contributed by atoms with E-state index in [1.807, 2.05) is 13.1 Å². The van der Waals surface area contributed by atoms with Crippen molar-refractivity contribution in [2.45, 2.75) is 64.0 Å². The van der Waals surface area contributed by atoms with E-state index in [1.54, 1.807) is 6.07 Å². The smallest absolute Gasteiger partial charge is 0.335 e. The monoisotopic (exact) mass is 489 g/mol. The van der Waals surface area contributed by atoms with Gasteiger partial charge in [0.2, 0.25) is 0 Å². The Balaban J connectivity index is 1.74. The van der Waals surface area contributed by atoms with Gasteiger partial charge in [-0.25, -0.2) is 4.79 Å². The topological polar surface area (TPSA) is 66.7 Å². The highest BCUT2D eigenvalue weighted by Crippen LogP contribution is 2.48. The summed E-state index contributed by atoms with van der Waals surface area (Å²) in [7, 11) is 4.17. The van der Waals surface area contributed by atoms with Crippen molar-refractivity contribution in [3.05, 3.63) is 53.1 Å². The Hall–Kier alpha value is -2.83. The standard InChI is InChI=1S/C30H39N3O3/c1-20-9-7-12-26-27(20)29-28(21-10-5-4-6-11-21)24-14-13-22(30(34)35)17-25(24)33(29)18-23(19-36-26)32(3)16-8-15-31-2/h7,9,12-14,17,21,23,31H,4-6,8,10-11,15-16,18-19H2,1-3H3,(H,34,35)/t23-/m1/s1. The number of nitrogens with one attached hydrogen (secondary N) is 1. The second-order valence-electron chi connectivity index (χ2n) is 10.6. The molecule has 0 saturated heterocycles. The molecule has 1 aliphatic heterocycles. The average molecular weight is 490 g/mol. The second kappa shape index (κ2) is 10.7. The molecule has 0 spiro atoms. The van der Waals surface area contributed by atoms with Crippen LogP contribution < -0.4 is 10.1 Å². The Bertz CT molecular complexity index is 1240. The fourth-order valence-corrected chi connectivity index (χ4v) is 6.24. The van der Waals surface area contributed by atoms with Crippen LogP contribution >= 0.6 is 0 Å². The number of carboxylic acids is 1. The molecule has 0 amide bonds. The second-order valence-corrected chi connectivity index (χ2v) is 10.6. The minimum atomic E-state index is -0.877. The van der Waals surface area contributed by atoms with Gasteiger partial charge < -0.3 is 19.7 Å². The quantitative estimate of drug-likeness (QED) is 0.419. The van der Waals surface area contributed by atoms with E-state index in [9.17, 15) is 9.90 Å². The highest BCUT2D eigenvalue weighted by molar-refractivity contribution is 5.99. The SMILES string of the molecule is CNCCCN(C)[C@H]1COc2cccc(C)c2-c2c(C3CCCCC3)c3ccc(C(=O)O)cc3n2C1. The van der Waals surface area contributed by atoms with Crippen LogP contribution in [0.2, 0.25) is 0 Å². The van der Waals surface area contributed by atoms with Gasteiger partial charge in [-0.15, -0.1) is 0 Å². The number of carbonyl (C=O) groups is 1. The number of ether oxygens (including phenoxy) is 1. The van der Waals surface area contributed by atoms with Gasteiger partial charge in [0.15, 0.2) is 0 Å². The van der Waals surface area contributed by atoms with Crippen LogP contribution in [0.1, 0.15) is 65.9 Å². The molecular weight excluding hydrogens is 450 g/mol. The summed E-state index contributed by atoms with van der Waals surface area (Å²) in [4.78, 5) is 14.4. The van der Waals surface area contributed by atoms with Gasteiger partial charge in [-0.1, -0.05) is 37.5 Å². The van der Waals surface area contributed by atoms with E-state index < -0.39 is 5.97 Å². The lowest BCUT2D eigenvalue weighted by Crippen LogP contribution is -2.41. The predicted molar refractivity (Wildman–Crippen MR) is 145 cm³/mol. The molecule has 3 aromatic rings. The summed E-state index contributed by atoms with van der Waals surface area (Å²) < 4.78 is 8.97. The number of nitrogens with zero attached hydrogens (tertiary/aromatic N) is 2. The highest BCUT2D eigenvalue weighted by Gasteiger charge is 2.32. The van der Waals surface area contributed by atoms with E-state index in [4.69, 9.17) is 4.74 Å². The molecule has 36 heavy (non-hydrogen) atoms. The van der Waals surface area contributed by atoms with E-state index >= 15 is 0 Å². The van der Waals surface area contributed by atoms with Gasteiger partial charge in [0.05, 0.1) is 17.3 Å². The van der Waals surface area contributed by atoms with Gasteiger partial charge in [0.25, 0.3) is 0 Å². The molecule has 0 radical (unpaired) electrons. The average Bonchev–Trinajstić information content (AvgIpc) is 3.17. The van der Waals surface area contributed by atoms with Crippen molar-refractivity contribution in [1.82, 2.24) is 14.8 Å². The van der Waals surface area contributed by atoms with E-state index in [2.05, 4.69) is 53.0 Å². The maximum absolute atomic E-state index is 12.0. The number of aromatic nitrogens is 1. The number of aryl methyl sites for hydroxylation is 1. The molecule has 6 nitrogen and oxygen atoms in total. The highest BCUT2D eigenvalue weighted by atomic mass is 16.5. The number of benzene rings is 2. The zero-order chi connectivity index (χ0) is 25.2. The summed E-state index contributed by atoms with van der Waals surface area (Å²) in [6.45, 7) is 5.49. The Morgan fingerprint density at radius 1 is 1.19 bits per heavy atom.